The molecule has 38 nitrogen and oxygen atoms in total. The smallest absolute Gasteiger partial charge is 0.184 e. The maximum atomic E-state index is 11.8. The molecule has 14 saturated heterocycles. The Balaban J connectivity index is 0.000000172. The van der Waals surface area contributed by atoms with Crippen molar-refractivity contribution in [3.05, 3.63) is 0 Å². The Morgan fingerprint density at radius 3 is 1.34 bits per heavy atom. The number of rotatable bonds is 16. The molecule has 14 fully saturated rings. The Morgan fingerprint density at radius 2 is 0.861 bits per heavy atom. The van der Waals surface area contributed by atoms with Crippen molar-refractivity contribution in [2.75, 3.05) is 85.3 Å². The predicted octanol–water partition coefficient (Wildman–Crippen LogP) is 1.52. The first kappa shape index (κ1) is 99.8. The molecular weight excluding hydrogens is 1660 g/mol. The summed E-state index contributed by atoms with van der Waals surface area (Å²) >= 11 is 2.41. The number of fused-ring (bicyclic) bond motifs is 3. The van der Waals surface area contributed by atoms with Gasteiger partial charge in [-0.25, -0.2) is 0 Å². The third-order valence-electron chi connectivity index (χ3n) is 19.9. The Morgan fingerprint density at radius 1 is 0.426 bits per heavy atom. The van der Waals surface area contributed by atoms with Crippen LogP contribution in [0.2, 0.25) is 10.1 Å². The van der Waals surface area contributed by atoms with E-state index in [0.717, 1.165) is 23.6 Å². The van der Waals surface area contributed by atoms with Crippen LogP contribution in [0.3, 0.4) is 0 Å². The zero-order valence-electron chi connectivity index (χ0n) is 71.0. The molecule has 8 N–H and O–H groups in total. The topological polar surface area (TPSA) is 470 Å². The molecule has 14 rings (SSSR count). The molecule has 14 aliphatic rings. The Labute approximate surface area is 686 Å². The van der Waals surface area contributed by atoms with Crippen LogP contribution in [-0.4, -0.2) is 374 Å². The van der Waals surface area contributed by atoms with Gasteiger partial charge in [0.15, 0.2) is 64.7 Å². The van der Waals surface area contributed by atoms with Crippen molar-refractivity contribution in [2.45, 2.75) is 378 Å². The molecule has 2 unspecified atom stereocenters. The number of methoxy groups -OCH3 is 2. The molecule has 0 aliphatic carbocycles. The van der Waals surface area contributed by atoms with Crippen molar-refractivity contribution in [2.24, 2.45) is 0 Å². The molecule has 676 valence electrons. The summed E-state index contributed by atoms with van der Waals surface area (Å²) in [4.78, 5) is 0.469. The fraction of sp³-hybridized carbons (Fsp3) is 1.00. The first-order chi connectivity index (χ1) is 52.5. The van der Waals surface area contributed by atoms with Crippen LogP contribution in [0.15, 0.2) is 0 Å². The second-order valence-corrected chi connectivity index (χ2v) is 42.0. The standard InChI is InChI=1S/C14H26O10S2.C12H20O6.C12H22O6.C12H20O4S.C12H20O4Se.C6H12O6.C5H12O2/c1-13(2)19-7-9(21-13)12(24-26(6,17)18)11-10(8-20-25(5,15)16)22-14(3,4)23-11;1-11(2)14-5-6(16-11)7-8-9(10(13)15-7)18-12(3,4)17-8;1-11(2)15-6-8(17-11)9(14)10-7(5-13)16-12(3,4)18-10;2*1-11(2)13-5-7(14-11)10-9-8(6-17-10)15-12(3,4)16-9;7-1-2-3(8)4(9)5(10)6(11)12-2;1-5(2,6-3)7-4/h9-12H,7-8H2,1-6H3;6-10,13H,5H2,1-4H3;7-10,13-14H,5-6H2,1-4H3;2*7-10H,5-6H2,1-4H3;2-11H,1H2;1-4H3/t9-,10-,11-,12-;6-,7-,8+,9+,10?;7-,8-,9-,10-;2*7-,8-,9-,10+;2-,3-,4+,5+,6?;/m111111./s1. The van der Waals surface area contributed by atoms with Gasteiger partial charge in [-0.05, 0) is 125 Å². The number of hydrogen-bond acceptors (Lipinski definition) is 39. The van der Waals surface area contributed by atoms with Crippen LogP contribution in [0.1, 0.15) is 152 Å². The normalized spacial score (nSPS) is 41.2. The van der Waals surface area contributed by atoms with Gasteiger partial charge in [0.05, 0.1) is 76.2 Å². The molecule has 115 heavy (non-hydrogen) atoms. The minimum atomic E-state index is -3.87. The van der Waals surface area contributed by atoms with Gasteiger partial charge in [0.2, 0.25) is 0 Å². The van der Waals surface area contributed by atoms with Crippen LogP contribution in [0.25, 0.3) is 0 Å². The number of ether oxygens (including phenoxy) is 24. The molecule has 0 aromatic heterocycles. The van der Waals surface area contributed by atoms with Crippen molar-refractivity contribution in [1.82, 2.24) is 0 Å². The fourth-order valence-corrected chi connectivity index (χ4v) is 20.2. The predicted molar refractivity (Wildman–Crippen MR) is 403 cm³/mol. The molecular formula is C73H132O38S3Se. The molecule has 26 atom stereocenters. The van der Waals surface area contributed by atoms with E-state index in [1.54, 1.807) is 69.6 Å². The van der Waals surface area contributed by atoms with Crippen LogP contribution in [0, 0.1) is 0 Å². The van der Waals surface area contributed by atoms with Crippen LogP contribution in [0.4, 0.5) is 0 Å². The molecule has 0 radical (unpaired) electrons. The van der Waals surface area contributed by atoms with Gasteiger partial charge >= 0.3 is 108 Å². The average molecular weight is 1790 g/mol. The van der Waals surface area contributed by atoms with E-state index >= 15 is 0 Å². The number of aliphatic hydroxyl groups is 8. The van der Waals surface area contributed by atoms with Gasteiger partial charge < -0.3 is 136 Å². The number of thioether (sulfide) groups is 1. The summed E-state index contributed by atoms with van der Waals surface area (Å²) in [6, 6.07) is 0. The second-order valence-electron chi connectivity index (χ2n) is 35.0. The van der Waals surface area contributed by atoms with Gasteiger partial charge in [0, 0.05) is 20.0 Å². The van der Waals surface area contributed by atoms with Crippen molar-refractivity contribution < 1.29 is 180 Å². The van der Waals surface area contributed by atoms with E-state index < -0.39 is 182 Å². The maximum absolute atomic E-state index is 11.8. The number of aliphatic hydroxyl groups excluding tert-OH is 8. The number of hydrogen-bond donors (Lipinski definition) is 8. The van der Waals surface area contributed by atoms with Crippen molar-refractivity contribution in [3.8, 4) is 0 Å². The van der Waals surface area contributed by atoms with Crippen LogP contribution in [-0.2, 0) is 142 Å². The molecule has 0 aromatic rings. The van der Waals surface area contributed by atoms with Crippen LogP contribution < -0.4 is 0 Å². The first-order valence-electron chi connectivity index (χ1n) is 38.5. The summed E-state index contributed by atoms with van der Waals surface area (Å²) in [5.41, 5.74) is 0. The molecule has 0 saturated carbocycles. The van der Waals surface area contributed by atoms with Crippen LogP contribution >= 0.6 is 11.8 Å². The molecule has 0 aromatic carbocycles. The van der Waals surface area contributed by atoms with E-state index in [4.69, 9.17) is 143 Å². The van der Waals surface area contributed by atoms with Gasteiger partial charge in [0.25, 0.3) is 20.2 Å². The molecule has 14 heterocycles. The Bertz CT molecular complexity index is 3230. The summed E-state index contributed by atoms with van der Waals surface area (Å²) in [6.07, 6.45) is -12.8. The van der Waals surface area contributed by atoms with E-state index in [9.17, 15) is 32.2 Å². The average Bonchev–Trinajstić information content (AvgIpc) is 1.62. The minimum absolute atomic E-state index is 0.0765. The zero-order chi connectivity index (χ0) is 86.4. The Kier molecular flexibility index (Phi) is 33.3. The maximum Gasteiger partial charge on any atom is 0.184 e. The van der Waals surface area contributed by atoms with Gasteiger partial charge in [-0.2, -0.15) is 28.6 Å². The molecule has 42 heteroatoms. The van der Waals surface area contributed by atoms with Crippen molar-refractivity contribution in [3.63, 3.8) is 0 Å². The molecule has 0 amide bonds. The largest absolute Gasteiger partial charge is 0.394 e. The third kappa shape index (κ3) is 28.2. The monoisotopic (exact) mass is 1790 g/mol. The zero-order valence-corrected chi connectivity index (χ0v) is 75.2. The first-order valence-corrected chi connectivity index (χ1v) is 45.4. The van der Waals surface area contributed by atoms with Gasteiger partial charge in [-0.3, -0.25) is 8.37 Å². The Hall–Kier alpha value is -0.591. The summed E-state index contributed by atoms with van der Waals surface area (Å²) in [5, 5.41) is 75.5. The summed E-state index contributed by atoms with van der Waals surface area (Å²) in [7, 11) is -4.36. The van der Waals surface area contributed by atoms with Gasteiger partial charge in [-0.1, -0.05) is 0 Å². The van der Waals surface area contributed by atoms with E-state index in [0.29, 0.717) is 51.5 Å². The van der Waals surface area contributed by atoms with E-state index in [2.05, 4.69) is 4.74 Å². The van der Waals surface area contributed by atoms with Crippen molar-refractivity contribution in [1.29, 1.82) is 0 Å². The van der Waals surface area contributed by atoms with Crippen molar-refractivity contribution >= 4 is 47.0 Å². The SMILES string of the molecule is CC1(C)OC[C@H]([C@@H](O)[C@@H]2OC(C)(C)O[C@@H]2CO)O1.CC1(C)OC[C@H]([C@@H](OS(C)(=O)=O)[C@@H]2OC(C)(C)O[C@@H]2COS(C)(=O)=O)O1.CC1(C)O[C@H]2[C@@H]([C@H]3COC(C)(C)O3)OC(O)[C@H]2O1.CC1(C)O[C@H]2[C@H]([C@H]3COC(C)(C)O3)SC[C@H]2O1.CC1(C)O[C@H]2[C@H]([C@H]3COC(C)(C)O3)[Se]C[C@H]2O1.COC(C)(C)OC.OC[C@H]1OC(O)[C@@H](O)[C@@H](O)[C@@H]1O. The molecule has 0 spiro atoms. The summed E-state index contributed by atoms with van der Waals surface area (Å²) < 4.78 is 190. The summed E-state index contributed by atoms with van der Waals surface area (Å²) in [5.74, 6) is -6.06. The van der Waals surface area contributed by atoms with E-state index in [1.165, 1.54) is 0 Å². The molecule has 14 aliphatic heterocycles. The van der Waals surface area contributed by atoms with E-state index in [-0.39, 0.29) is 74.8 Å². The second kappa shape index (κ2) is 38.3. The van der Waals surface area contributed by atoms with Gasteiger partial charge in [-0.15, -0.1) is 0 Å². The fourth-order valence-electron chi connectivity index (χ4n) is 14.7. The minimum Gasteiger partial charge on any atom is -0.394 e. The molecule has 0 bridgehead atoms. The third-order valence-corrected chi connectivity index (χ3v) is 25.6. The quantitative estimate of drug-likeness (QED) is 0.0617. The van der Waals surface area contributed by atoms with Gasteiger partial charge in [0.1, 0.15) is 104 Å². The van der Waals surface area contributed by atoms with E-state index in [1.807, 2.05) is 109 Å². The summed E-state index contributed by atoms with van der Waals surface area (Å²) in [6.45, 7) is 41.6. The van der Waals surface area contributed by atoms with Crippen LogP contribution in [0.5, 0.6) is 0 Å².